The third kappa shape index (κ3) is 2.66. The fourth-order valence-corrected chi connectivity index (χ4v) is 1.08. The first-order valence-corrected chi connectivity index (χ1v) is 4.13. The molecule has 1 aromatic rings. The van der Waals surface area contributed by atoms with E-state index in [4.69, 9.17) is 5.73 Å². The molecule has 0 aliphatic rings. The van der Waals surface area contributed by atoms with Crippen molar-refractivity contribution in [3.05, 3.63) is 29.8 Å². The largest absolute Gasteiger partial charge is 0.350 e. The Morgan fingerprint density at radius 2 is 2.15 bits per heavy atom. The fraction of sp³-hybridized carbons (Fsp3) is 0.222. The molecule has 1 aromatic carbocycles. The van der Waals surface area contributed by atoms with Crippen LogP contribution in [0.15, 0.2) is 24.3 Å². The Balaban J connectivity index is 2.69. The maximum absolute atomic E-state index is 10.4. The van der Waals surface area contributed by atoms with Gasteiger partial charge in [-0.05, 0) is 18.1 Å². The second kappa shape index (κ2) is 4.35. The molecule has 70 valence electrons. The number of primary amides is 1. The van der Waals surface area contributed by atoms with Gasteiger partial charge in [0.25, 0.3) is 0 Å². The van der Waals surface area contributed by atoms with E-state index in [-0.39, 0.29) is 0 Å². The van der Waals surface area contributed by atoms with Crippen molar-refractivity contribution in [2.24, 2.45) is 5.73 Å². The van der Waals surface area contributed by atoms with Crippen LogP contribution in [0.5, 0.6) is 0 Å². The summed E-state index contributed by atoms with van der Waals surface area (Å²) >= 11 is 0. The van der Waals surface area contributed by atoms with Crippen molar-refractivity contribution in [3.8, 4) is 0 Å². The van der Waals surface area contributed by atoms with Crippen molar-refractivity contribution >= 4 is 11.7 Å². The summed E-state index contributed by atoms with van der Waals surface area (Å²) in [5.74, 6) is 0. The van der Waals surface area contributed by atoms with Gasteiger partial charge >= 0.3 is 6.03 Å². The fourth-order valence-electron chi connectivity index (χ4n) is 1.08. The minimum atomic E-state index is -0.592. The van der Waals surface area contributed by atoms with E-state index in [0.717, 1.165) is 17.7 Å². The van der Waals surface area contributed by atoms with Gasteiger partial charge in [-0.2, -0.15) is 0 Å². The number of hydrogen-bond acceptors (Lipinski definition) is 2. The molecule has 0 saturated carbocycles. The quantitative estimate of drug-likeness (QED) is 0.611. The number of para-hydroxylation sites is 1. The van der Waals surface area contributed by atoms with E-state index in [1.165, 1.54) is 0 Å². The maximum Gasteiger partial charge on any atom is 0.330 e. The molecule has 0 saturated heterocycles. The molecule has 4 heteroatoms. The Bertz CT molecular complexity index is 299. The third-order valence-corrected chi connectivity index (χ3v) is 1.72. The van der Waals surface area contributed by atoms with E-state index in [0.29, 0.717) is 0 Å². The van der Waals surface area contributed by atoms with Crippen molar-refractivity contribution in [2.45, 2.75) is 13.3 Å². The zero-order valence-electron chi connectivity index (χ0n) is 7.50. The number of anilines is 1. The molecular formula is C9H13N3O. The van der Waals surface area contributed by atoms with Crippen molar-refractivity contribution in [2.75, 3.05) is 5.43 Å². The van der Waals surface area contributed by atoms with Crippen LogP contribution < -0.4 is 16.6 Å². The minimum absolute atomic E-state index is 0.592. The normalized spacial score (nSPS) is 9.31. The summed E-state index contributed by atoms with van der Waals surface area (Å²) in [7, 11) is 0. The Hall–Kier alpha value is -1.71. The van der Waals surface area contributed by atoms with Crippen molar-refractivity contribution in [1.82, 2.24) is 5.43 Å². The van der Waals surface area contributed by atoms with Crippen LogP contribution in [-0.2, 0) is 6.42 Å². The second-order valence-electron chi connectivity index (χ2n) is 2.62. The summed E-state index contributed by atoms with van der Waals surface area (Å²) in [5.41, 5.74) is 12.0. The number of carbonyl (C=O) groups excluding carboxylic acids is 1. The molecule has 2 amide bonds. The number of nitrogens with two attached hydrogens (primary N) is 1. The van der Waals surface area contributed by atoms with Gasteiger partial charge in [-0.3, -0.25) is 10.9 Å². The lowest BCUT2D eigenvalue weighted by molar-refractivity contribution is 0.250. The number of rotatable bonds is 3. The number of hydrazine groups is 1. The smallest absolute Gasteiger partial charge is 0.330 e. The van der Waals surface area contributed by atoms with E-state index in [1.54, 1.807) is 0 Å². The van der Waals surface area contributed by atoms with Gasteiger partial charge in [-0.1, -0.05) is 25.1 Å². The predicted molar refractivity (Wildman–Crippen MR) is 52.2 cm³/mol. The van der Waals surface area contributed by atoms with Gasteiger partial charge in [-0.15, -0.1) is 0 Å². The van der Waals surface area contributed by atoms with E-state index < -0.39 is 6.03 Å². The molecule has 4 N–H and O–H groups in total. The first kappa shape index (κ1) is 9.38. The number of nitrogens with one attached hydrogen (secondary N) is 2. The molecule has 0 aliphatic carbocycles. The number of amides is 2. The van der Waals surface area contributed by atoms with Crippen LogP contribution in [0.2, 0.25) is 0 Å². The molecule has 4 nitrogen and oxygen atoms in total. The first-order chi connectivity index (χ1) is 6.24. The van der Waals surface area contributed by atoms with Crippen LogP contribution in [0.25, 0.3) is 0 Å². The number of urea groups is 1. The first-order valence-electron chi connectivity index (χ1n) is 4.13. The monoisotopic (exact) mass is 179 g/mol. The summed E-state index contributed by atoms with van der Waals surface area (Å²) in [4.78, 5) is 10.4. The third-order valence-electron chi connectivity index (χ3n) is 1.72. The van der Waals surface area contributed by atoms with Crippen LogP contribution in [0.3, 0.4) is 0 Å². The average molecular weight is 179 g/mol. The van der Waals surface area contributed by atoms with Crippen LogP contribution in [0, 0.1) is 0 Å². The molecule has 0 fully saturated rings. The maximum atomic E-state index is 10.4. The van der Waals surface area contributed by atoms with Crippen molar-refractivity contribution < 1.29 is 4.79 Å². The highest BCUT2D eigenvalue weighted by molar-refractivity contribution is 5.73. The molecule has 0 aromatic heterocycles. The summed E-state index contributed by atoms with van der Waals surface area (Å²) in [6.07, 6.45) is 0.906. The molecule has 0 radical (unpaired) electrons. The molecule has 1 rings (SSSR count). The average Bonchev–Trinajstić information content (AvgIpc) is 2.15. The van der Waals surface area contributed by atoms with Crippen molar-refractivity contribution in [3.63, 3.8) is 0 Å². The zero-order chi connectivity index (χ0) is 9.68. The highest BCUT2D eigenvalue weighted by atomic mass is 16.2. The van der Waals surface area contributed by atoms with Crippen LogP contribution >= 0.6 is 0 Å². The number of benzene rings is 1. The molecule has 0 aliphatic heterocycles. The van der Waals surface area contributed by atoms with Crippen molar-refractivity contribution in [1.29, 1.82) is 0 Å². The minimum Gasteiger partial charge on any atom is -0.350 e. The van der Waals surface area contributed by atoms with Crippen LogP contribution in [0.4, 0.5) is 10.5 Å². The molecule has 0 spiro atoms. The lowest BCUT2D eigenvalue weighted by Gasteiger charge is -2.09. The number of aryl methyl sites for hydroxylation is 1. The van der Waals surface area contributed by atoms with Gasteiger partial charge in [0.05, 0.1) is 5.69 Å². The topological polar surface area (TPSA) is 67.2 Å². The zero-order valence-corrected chi connectivity index (χ0v) is 7.50. The van der Waals surface area contributed by atoms with Crippen LogP contribution in [0.1, 0.15) is 12.5 Å². The highest BCUT2D eigenvalue weighted by Gasteiger charge is 1.98. The number of carbonyl (C=O) groups is 1. The van der Waals surface area contributed by atoms with Crippen LogP contribution in [-0.4, -0.2) is 6.03 Å². The molecular weight excluding hydrogens is 166 g/mol. The molecule has 0 atom stereocenters. The van der Waals surface area contributed by atoms with E-state index in [2.05, 4.69) is 10.9 Å². The molecule has 0 unspecified atom stereocenters. The van der Waals surface area contributed by atoms with Gasteiger partial charge in [0.15, 0.2) is 0 Å². The SMILES string of the molecule is CCc1ccccc1NNC(N)=O. The second-order valence-corrected chi connectivity index (χ2v) is 2.62. The number of hydrogen-bond donors (Lipinski definition) is 3. The van der Waals surface area contributed by atoms with E-state index >= 15 is 0 Å². The van der Waals surface area contributed by atoms with E-state index in [1.807, 2.05) is 31.2 Å². The van der Waals surface area contributed by atoms with E-state index in [9.17, 15) is 4.79 Å². The lowest BCUT2D eigenvalue weighted by atomic mass is 10.1. The highest BCUT2D eigenvalue weighted by Crippen LogP contribution is 2.13. The standard InChI is InChI=1S/C9H13N3O/c1-2-7-5-3-4-6-8(7)11-12-9(10)13/h3-6,11H,2H2,1H3,(H3,10,12,13). The Labute approximate surface area is 77.1 Å². The van der Waals surface area contributed by atoms with Gasteiger partial charge in [-0.25, -0.2) is 4.79 Å². The Kier molecular flexibility index (Phi) is 3.14. The Morgan fingerprint density at radius 1 is 1.46 bits per heavy atom. The summed E-state index contributed by atoms with van der Waals surface area (Å²) in [6, 6.07) is 7.13. The summed E-state index contributed by atoms with van der Waals surface area (Å²) in [5, 5.41) is 0. The van der Waals surface area contributed by atoms with Gasteiger partial charge in [0, 0.05) is 0 Å². The summed E-state index contributed by atoms with van der Waals surface area (Å²) < 4.78 is 0. The lowest BCUT2D eigenvalue weighted by Crippen LogP contribution is -2.34. The molecule has 0 bridgehead atoms. The summed E-state index contributed by atoms with van der Waals surface area (Å²) in [6.45, 7) is 2.05. The molecule has 13 heavy (non-hydrogen) atoms. The molecule has 0 heterocycles. The Morgan fingerprint density at radius 3 is 2.77 bits per heavy atom. The predicted octanol–water partition coefficient (Wildman–Crippen LogP) is 1.24. The van der Waals surface area contributed by atoms with Gasteiger partial charge < -0.3 is 5.73 Å². The van der Waals surface area contributed by atoms with Gasteiger partial charge in [0.2, 0.25) is 0 Å². The van der Waals surface area contributed by atoms with Gasteiger partial charge in [0.1, 0.15) is 0 Å².